The SMILES string of the molecule is Cc1ccc(COC(=O)[C@@H](N)CS)cc1.Cl. The molecule has 0 aliphatic heterocycles. The van der Waals surface area contributed by atoms with Gasteiger partial charge in [-0.3, -0.25) is 4.79 Å². The number of halogens is 1. The topological polar surface area (TPSA) is 52.3 Å². The lowest BCUT2D eigenvalue weighted by atomic mass is 10.2. The minimum Gasteiger partial charge on any atom is -0.460 e. The summed E-state index contributed by atoms with van der Waals surface area (Å²) in [7, 11) is 0. The molecule has 1 rings (SSSR count). The van der Waals surface area contributed by atoms with Gasteiger partial charge in [-0.15, -0.1) is 12.4 Å². The fourth-order valence-corrected chi connectivity index (χ4v) is 1.17. The van der Waals surface area contributed by atoms with E-state index in [1.165, 1.54) is 5.56 Å². The fourth-order valence-electron chi connectivity index (χ4n) is 1.02. The van der Waals surface area contributed by atoms with Crippen molar-refractivity contribution >= 4 is 31.0 Å². The first-order valence-electron chi connectivity index (χ1n) is 4.72. The number of thiol groups is 1. The highest BCUT2D eigenvalue weighted by Crippen LogP contribution is 2.05. The Bertz CT molecular complexity index is 329. The van der Waals surface area contributed by atoms with Gasteiger partial charge < -0.3 is 10.5 Å². The molecule has 0 fully saturated rings. The van der Waals surface area contributed by atoms with Gasteiger partial charge in [-0.1, -0.05) is 29.8 Å². The second-order valence-electron chi connectivity index (χ2n) is 3.38. The lowest BCUT2D eigenvalue weighted by Crippen LogP contribution is -2.33. The smallest absolute Gasteiger partial charge is 0.324 e. The second kappa shape index (κ2) is 7.54. The molecule has 2 N–H and O–H groups in total. The molecule has 0 bridgehead atoms. The third-order valence-corrected chi connectivity index (χ3v) is 2.39. The van der Waals surface area contributed by atoms with E-state index >= 15 is 0 Å². The minimum atomic E-state index is -0.640. The average Bonchev–Trinajstić information content (AvgIpc) is 2.26. The molecule has 0 spiro atoms. The maximum atomic E-state index is 11.2. The van der Waals surface area contributed by atoms with Crippen molar-refractivity contribution in [1.82, 2.24) is 0 Å². The Labute approximate surface area is 107 Å². The molecule has 0 saturated heterocycles. The Kier molecular flexibility index (Phi) is 7.21. The van der Waals surface area contributed by atoms with Crippen LogP contribution in [0.4, 0.5) is 0 Å². The zero-order valence-corrected chi connectivity index (χ0v) is 10.8. The van der Waals surface area contributed by atoms with Gasteiger partial charge >= 0.3 is 5.97 Å². The molecule has 0 amide bonds. The zero-order chi connectivity index (χ0) is 11.3. The molecule has 0 unspecified atom stereocenters. The van der Waals surface area contributed by atoms with Crippen LogP contribution in [0.25, 0.3) is 0 Å². The molecule has 0 heterocycles. The highest BCUT2D eigenvalue weighted by Gasteiger charge is 2.12. The maximum absolute atomic E-state index is 11.2. The summed E-state index contributed by atoms with van der Waals surface area (Å²) in [6.07, 6.45) is 0. The number of carbonyl (C=O) groups is 1. The number of aryl methyl sites for hydroxylation is 1. The van der Waals surface area contributed by atoms with Crippen LogP contribution in [-0.4, -0.2) is 17.8 Å². The van der Waals surface area contributed by atoms with Crippen molar-refractivity contribution in [3.8, 4) is 0 Å². The van der Waals surface area contributed by atoms with Crippen LogP contribution >= 0.6 is 25.0 Å². The van der Waals surface area contributed by atoms with Gasteiger partial charge in [0.2, 0.25) is 0 Å². The van der Waals surface area contributed by atoms with Crippen LogP contribution in [-0.2, 0) is 16.1 Å². The van der Waals surface area contributed by atoms with Crippen molar-refractivity contribution < 1.29 is 9.53 Å². The summed E-state index contributed by atoms with van der Waals surface area (Å²) in [5, 5.41) is 0. The average molecular weight is 262 g/mol. The van der Waals surface area contributed by atoms with Crippen LogP contribution < -0.4 is 5.73 Å². The van der Waals surface area contributed by atoms with Crippen molar-refractivity contribution in [2.24, 2.45) is 5.73 Å². The van der Waals surface area contributed by atoms with Crippen molar-refractivity contribution in [2.75, 3.05) is 5.75 Å². The van der Waals surface area contributed by atoms with Crippen LogP contribution in [0.15, 0.2) is 24.3 Å². The molecule has 1 atom stereocenters. The molecule has 16 heavy (non-hydrogen) atoms. The van der Waals surface area contributed by atoms with Crippen LogP contribution in [0, 0.1) is 6.92 Å². The van der Waals surface area contributed by atoms with Crippen molar-refractivity contribution in [3.05, 3.63) is 35.4 Å². The predicted octanol–water partition coefficient (Wildman–Crippen LogP) is 1.72. The van der Waals surface area contributed by atoms with E-state index in [-0.39, 0.29) is 19.0 Å². The second-order valence-corrected chi connectivity index (χ2v) is 3.75. The molecule has 1 aromatic rings. The van der Waals surface area contributed by atoms with Gasteiger partial charge in [0.1, 0.15) is 12.6 Å². The molecular weight excluding hydrogens is 246 g/mol. The van der Waals surface area contributed by atoms with E-state index in [0.29, 0.717) is 5.75 Å². The Morgan fingerprint density at radius 3 is 2.50 bits per heavy atom. The molecule has 0 radical (unpaired) electrons. The van der Waals surface area contributed by atoms with E-state index in [4.69, 9.17) is 10.5 Å². The normalized spacial score (nSPS) is 11.4. The number of hydrogen-bond donors (Lipinski definition) is 2. The van der Waals surface area contributed by atoms with Crippen molar-refractivity contribution in [1.29, 1.82) is 0 Å². The maximum Gasteiger partial charge on any atom is 0.324 e. The lowest BCUT2D eigenvalue weighted by Gasteiger charge is -2.08. The number of esters is 1. The number of ether oxygens (including phenoxy) is 1. The lowest BCUT2D eigenvalue weighted by molar-refractivity contribution is -0.145. The van der Waals surface area contributed by atoms with E-state index in [1.54, 1.807) is 0 Å². The van der Waals surface area contributed by atoms with Gasteiger partial charge in [-0.25, -0.2) is 0 Å². The van der Waals surface area contributed by atoms with Crippen molar-refractivity contribution in [3.63, 3.8) is 0 Å². The third-order valence-electron chi connectivity index (χ3n) is 2.00. The van der Waals surface area contributed by atoms with E-state index in [9.17, 15) is 4.79 Å². The summed E-state index contributed by atoms with van der Waals surface area (Å²) in [6, 6.07) is 7.16. The fraction of sp³-hybridized carbons (Fsp3) is 0.364. The Balaban J connectivity index is 0.00000225. The summed E-state index contributed by atoms with van der Waals surface area (Å²) in [5.74, 6) is -0.113. The predicted molar refractivity (Wildman–Crippen MR) is 70.1 cm³/mol. The summed E-state index contributed by atoms with van der Waals surface area (Å²) in [6.45, 7) is 2.27. The molecular formula is C11H16ClNO2S. The minimum absolute atomic E-state index is 0. The highest BCUT2D eigenvalue weighted by atomic mass is 35.5. The van der Waals surface area contributed by atoms with Gasteiger partial charge in [0, 0.05) is 5.75 Å². The quantitative estimate of drug-likeness (QED) is 0.641. The number of rotatable bonds is 4. The first-order chi connectivity index (χ1) is 7.13. The summed E-state index contributed by atoms with van der Waals surface area (Å²) >= 11 is 3.92. The third kappa shape index (κ3) is 4.88. The molecule has 0 saturated carbocycles. The van der Waals surface area contributed by atoms with Gasteiger partial charge in [0.05, 0.1) is 0 Å². The van der Waals surface area contributed by atoms with Crippen molar-refractivity contribution in [2.45, 2.75) is 19.6 Å². The molecule has 0 aliphatic rings. The Morgan fingerprint density at radius 1 is 1.44 bits per heavy atom. The van der Waals surface area contributed by atoms with Gasteiger partial charge in [0.15, 0.2) is 0 Å². The van der Waals surface area contributed by atoms with Gasteiger partial charge in [-0.05, 0) is 12.5 Å². The number of hydrogen-bond acceptors (Lipinski definition) is 4. The molecule has 90 valence electrons. The van der Waals surface area contributed by atoms with Gasteiger partial charge in [0.25, 0.3) is 0 Å². The largest absolute Gasteiger partial charge is 0.460 e. The summed E-state index contributed by atoms with van der Waals surface area (Å²) in [4.78, 5) is 11.2. The number of nitrogens with two attached hydrogens (primary N) is 1. The van der Waals surface area contributed by atoms with Crippen LogP contribution in [0.5, 0.6) is 0 Å². The first kappa shape index (κ1) is 15.3. The Morgan fingerprint density at radius 2 is 2.00 bits per heavy atom. The molecule has 5 heteroatoms. The molecule has 0 aliphatic carbocycles. The van der Waals surface area contributed by atoms with Crippen LogP contribution in [0.3, 0.4) is 0 Å². The zero-order valence-electron chi connectivity index (χ0n) is 9.05. The van der Waals surface area contributed by atoms with E-state index in [0.717, 1.165) is 5.56 Å². The van der Waals surface area contributed by atoms with Crippen LogP contribution in [0.1, 0.15) is 11.1 Å². The van der Waals surface area contributed by atoms with E-state index in [2.05, 4.69) is 12.6 Å². The Hall–Kier alpha value is -0.710. The van der Waals surface area contributed by atoms with Crippen LogP contribution in [0.2, 0.25) is 0 Å². The summed E-state index contributed by atoms with van der Waals surface area (Å²) in [5.41, 5.74) is 7.59. The molecule has 1 aromatic carbocycles. The number of carbonyl (C=O) groups excluding carboxylic acids is 1. The first-order valence-corrected chi connectivity index (χ1v) is 5.35. The van der Waals surface area contributed by atoms with E-state index in [1.807, 2.05) is 31.2 Å². The molecule has 3 nitrogen and oxygen atoms in total. The summed E-state index contributed by atoms with van der Waals surface area (Å²) < 4.78 is 5.01. The van der Waals surface area contributed by atoms with E-state index < -0.39 is 12.0 Å². The molecule has 0 aromatic heterocycles. The number of benzene rings is 1. The highest BCUT2D eigenvalue weighted by molar-refractivity contribution is 7.80. The standard InChI is InChI=1S/C11H15NO2S.ClH/c1-8-2-4-9(5-3-8)6-14-11(13)10(12)7-15;/h2-5,10,15H,6-7,12H2,1H3;1H/t10-;/m0./s1. The van der Waals surface area contributed by atoms with Gasteiger partial charge in [-0.2, -0.15) is 12.6 Å². The monoisotopic (exact) mass is 261 g/mol.